The van der Waals surface area contributed by atoms with E-state index in [1.54, 1.807) is 29.1 Å². The fourth-order valence-corrected chi connectivity index (χ4v) is 4.76. The molecule has 0 bridgehead atoms. The SMILES string of the molecule is Cc1sc2ncn(Cc3cccc(C(=O)OC(C)C)c3)c(=O)c2c1-c1ccc(Br)cc1. The van der Waals surface area contributed by atoms with Crippen molar-refractivity contribution in [3.8, 4) is 11.1 Å². The Hall–Kier alpha value is -2.77. The van der Waals surface area contributed by atoms with E-state index < -0.39 is 0 Å². The highest BCUT2D eigenvalue weighted by Crippen LogP contribution is 2.35. The van der Waals surface area contributed by atoms with Gasteiger partial charge in [0.25, 0.3) is 5.56 Å². The van der Waals surface area contributed by atoms with Crippen LogP contribution in [0.3, 0.4) is 0 Å². The van der Waals surface area contributed by atoms with Crippen molar-refractivity contribution >= 4 is 43.5 Å². The Bertz CT molecular complexity index is 1320. The van der Waals surface area contributed by atoms with Crippen LogP contribution in [0.4, 0.5) is 0 Å². The molecule has 0 saturated carbocycles. The standard InChI is InChI=1S/C24H21BrN2O3S/c1-14(2)30-24(29)18-6-4-5-16(11-18)12-27-13-26-22-21(23(27)28)20(15(3)31-22)17-7-9-19(25)10-8-17/h4-11,13-14H,12H2,1-3H3. The monoisotopic (exact) mass is 496 g/mol. The van der Waals surface area contributed by atoms with Gasteiger partial charge in [0.05, 0.1) is 29.9 Å². The van der Waals surface area contributed by atoms with E-state index in [0.717, 1.165) is 30.9 Å². The smallest absolute Gasteiger partial charge is 0.338 e. The number of fused-ring (bicyclic) bond motifs is 1. The molecule has 4 aromatic rings. The summed E-state index contributed by atoms with van der Waals surface area (Å²) in [5, 5.41) is 0.627. The van der Waals surface area contributed by atoms with Crippen LogP contribution in [-0.2, 0) is 11.3 Å². The molecular weight excluding hydrogens is 476 g/mol. The number of esters is 1. The zero-order valence-electron chi connectivity index (χ0n) is 17.4. The molecule has 0 unspecified atom stereocenters. The van der Waals surface area contributed by atoms with Crippen LogP contribution in [0.2, 0.25) is 0 Å². The van der Waals surface area contributed by atoms with Crippen LogP contribution in [0.25, 0.3) is 21.3 Å². The quantitative estimate of drug-likeness (QED) is 0.327. The van der Waals surface area contributed by atoms with E-state index in [2.05, 4.69) is 20.9 Å². The van der Waals surface area contributed by atoms with E-state index in [1.807, 2.05) is 51.1 Å². The first-order chi connectivity index (χ1) is 14.8. The lowest BCUT2D eigenvalue weighted by atomic mass is 10.0. The van der Waals surface area contributed by atoms with Crippen LogP contribution in [0.5, 0.6) is 0 Å². The number of thiophene rings is 1. The molecule has 0 saturated heterocycles. The van der Waals surface area contributed by atoms with Gasteiger partial charge in [0, 0.05) is 14.9 Å². The number of aromatic nitrogens is 2. The van der Waals surface area contributed by atoms with E-state index in [0.29, 0.717) is 17.5 Å². The Labute approximate surface area is 192 Å². The fourth-order valence-electron chi connectivity index (χ4n) is 3.49. The van der Waals surface area contributed by atoms with Gasteiger partial charge in [-0.2, -0.15) is 0 Å². The topological polar surface area (TPSA) is 61.2 Å². The number of hydrogen-bond acceptors (Lipinski definition) is 5. The number of ether oxygens (including phenoxy) is 1. The molecule has 0 aliphatic carbocycles. The van der Waals surface area contributed by atoms with Gasteiger partial charge in [-0.1, -0.05) is 40.2 Å². The largest absolute Gasteiger partial charge is 0.459 e. The minimum atomic E-state index is -0.372. The molecule has 2 heterocycles. The van der Waals surface area contributed by atoms with Crippen molar-refractivity contribution in [2.45, 2.75) is 33.4 Å². The summed E-state index contributed by atoms with van der Waals surface area (Å²) in [6, 6.07) is 15.1. The zero-order chi connectivity index (χ0) is 22.1. The van der Waals surface area contributed by atoms with Crippen molar-refractivity contribution in [2.75, 3.05) is 0 Å². The van der Waals surface area contributed by atoms with Crippen LogP contribution >= 0.6 is 27.3 Å². The van der Waals surface area contributed by atoms with Crippen molar-refractivity contribution in [1.29, 1.82) is 0 Å². The lowest BCUT2D eigenvalue weighted by Crippen LogP contribution is -2.21. The summed E-state index contributed by atoms with van der Waals surface area (Å²) >= 11 is 4.98. The Kier molecular flexibility index (Phi) is 6.07. The molecule has 5 nitrogen and oxygen atoms in total. The maximum Gasteiger partial charge on any atom is 0.338 e. The fraction of sp³-hybridized carbons (Fsp3) is 0.208. The normalized spacial score (nSPS) is 11.3. The zero-order valence-corrected chi connectivity index (χ0v) is 19.8. The Morgan fingerprint density at radius 3 is 2.65 bits per heavy atom. The first-order valence-electron chi connectivity index (χ1n) is 9.88. The maximum atomic E-state index is 13.4. The predicted octanol–water partition coefficient (Wildman–Crippen LogP) is 5.81. The summed E-state index contributed by atoms with van der Waals surface area (Å²) in [6.45, 7) is 5.96. The lowest BCUT2D eigenvalue weighted by molar-refractivity contribution is 0.0378. The van der Waals surface area contributed by atoms with Crippen molar-refractivity contribution in [1.82, 2.24) is 9.55 Å². The molecular formula is C24H21BrN2O3S. The summed E-state index contributed by atoms with van der Waals surface area (Å²) in [5.41, 5.74) is 3.12. The van der Waals surface area contributed by atoms with Gasteiger partial charge >= 0.3 is 5.97 Å². The minimum Gasteiger partial charge on any atom is -0.459 e. The first kappa shape index (κ1) is 21.5. The molecule has 2 aromatic carbocycles. The number of hydrogen-bond donors (Lipinski definition) is 0. The predicted molar refractivity (Wildman–Crippen MR) is 128 cm³/mol. The van der Waals surface area contributed by atoms with Gasteiger partial charge in [-0.05, 0) is 56.2 Å². The van der Waals surface area contributed by atoms with E-state index in [4.69, 9.17) is 4.74 Å². The van der Waals surface area contributed by atoms with Crippen LogP contribution < -0.4 is 5.56 Å². The van der Waals surface area contributed by atoms with Crippen molar-refractivity contribution < 1.29 is 9.53 Å². The van der Waals surface area contributed by atoms with Gasteiger partial charge in [-0.25, -0.2) is 9.78 Å². The molecule has 158 valence electrons. The minimum absolute atomic E-state index is 0.0950. The van der Waals surface area contributed by atoms with Crippen LogP contribution in [0, 0.1) is 6.92 Å². The summed E-state index contributed by atoms with van der Waals surface area (Å²) in [6.07, 6.45) is 1.38. The van der Waals surface area contributed by atoms with Crippen LogP contribution in [0.1, 0.15) is 34.6 Å². The third-order valence-corrected chi connectivity index (χ3v) is 6.39. The van der Waals surface area contributed by atoms with Gasteiger partial charge in [-0.15, -0.1) is 11.3 Å². The lowest BCUT2D eigenvalue weighted by Gasteiger charge is -2.10. The molecule has 2 aromatic heterocycles. The third kappa shape index (κ3) is 4.48. The Morgan fingerprint density at radius 1 is 1.19 bits per heavy atom. The molecule has 0 fully saturated rings. The highest BCUT2D eigenvalue weighted by Gasteiger charge is 2.17. The number of carbonyl (C=O) groups is 1. The molecule has 0 spiro atoms. The van der Waals surface area contributed by atoms with Crippen molar-refractivity contribution in [3.05, 3.63) is 85.7 Å². The highest BCUT2D eigenvalue weighted by atomic mass is 79.9. The number of nitrogens with zero attached hydrogens (tertiary/aromatic N) is 2. The second-order valence-corrected chi connectivity index (χ2v) is 9.67. The van der Waals surface area contributed by atoms with Gasteiger partial charge in [-0.3, -0.25) is 9.36 Å². The molecule has 4 rings (SSSR count). The number of halogens is 1. The average molecular weight is 497 g/mol. The summed E-state index contributed by atoms with van der Waals surface area (Å²) in [7, 11) is 0. The Morgan fingerprint density at radius 2 is 1.94 bits per heavy atom. The average Bonchev–Trinajstić information content (AvgIpc) is 3.07. The molecule has 0 N–H and O–H groups in total. The van der Waals surface area contributed by atoms with Gasteiger partial charge in [0.15, 0.2) is 0 Å². The number of carbonyl (C=O) groups excluding carboxylic acids is 1. The van der Waals surface area contributed by atoms with E-state index in [-0.39, 0.29) is 17.6 Å². The first-order valence-corrected chi connectivity index (χ1v) is 11.5. The van der Waals surface area contributed by atoms with E-state index in [1.165, 1.54) is 11.3 Å². The second-order valence-electron chi connectivity index (χ2n) is 7.55. The van der Waals surface area contributed by atoms with Crippen molar-refractivity contribution in [2.24, 2.45) is 0 Å². The molecule has 7 heteroatoms. The van der Waals surface area contributed by atoms with Gasteiger partial charge in [0.2, 0.25) is 0 Å². The third-order valence-electron chi connectivity index (χ3n) is 4.85. The summed E-state index contributed by atoms with van der Waals surface area (Å²) in [4.78, 5) is 31.9. The molecule has 0 aliphatic heterocycles. The van der Waals surface area contributed by atoms with Gasteiger partial charge in [0.1, 0.15) is 4.83 Å². The van der Waals surface area contributed by atoms with Crippen LogP contribution in [0.15, 0.2) is 64.1 Å². The molecule has 0 amide bonds. The maximum absolute atomic E-state index is 13.4. The number of benzene rings is 2. The van der Waals surface area contributed by atoms with Gasteiger partial charge < -0.3 is 4.74 Å². The van der Waals surface area contributed by atoms with E-state index >= 15 is 0 Å². The highest BCUT2D eigenvalue weighted by molar-refractivity contribution is 9.10. The number of aryl methyl sites for hydroxylation is 1. The number of rotatable bonds is 5. The summed E-state index contributed by atoms with van der Waals surface area (Å²) < 4.78 is 7.85. The molecule has 0 atom stereocenters. The second kappa shape index (κ2) is 8.77. The van der Waals surface area contributed by atoms with E-state index in [9.17, 15) is 9.59 Å². The Balaban J connectivity index is 1.74. The molecule has 31 heavy (non-hydrogen) atoms. The van der Waals surface area contributed by atoms with Crippen molar-refractivity contribution in [3.63, 3.8) is 0 Å². The molecule has 0 aliphatic rings. The van der Waals surface area contributed by atoms with Crippen LogP contribution in [-0.4, -0.2) is 21.6 Å². The summed E-state index contributed by atoms with van der Waals surface area (Å²) in [5.74, 6) is -0.372. The molecule has 0 radical (unpaired) electrons.